The molecule has 0 saturated heterocycles. The van der Waals surface area contributed by atoms with Crippen LogP contribution in [0.5, 0.6) is 0 Å². The first-order valence-electron chi connectivity index (χ1n) is 3.82. The van der Waals surface area contributed by atoms with E-state index in [1.165, 1.54) is 0 Å². The molecule has 1 aromatic rings. The third-order valence-corrected chi connectivity index (χ3v) is 1.85. The van der Waals surface area contributed by atoms with Crippen LogP contribution in [0.3, 0.4) is 0 Å². The van der Waals surface area contributed by atoms with Crippen LogP contribution in [0.25, 0.3) is 0 Å². The summed E-state index contributed by atoms with van der Waals surface area (Å²) >= 11 is 0. The molecule has 0 unspecified atom stereocenters. The number of benzene rings is 1. The summed E-state index contributed by atoms with van der Waals surface area (Å²) in [6, 6.07) is 7.74. The van der Waals surface area contributed by atoms with Crippen LogP contribution in [0, 0.1) is 6.54 Å². The first-order valence-corrected chi connectivity index (χ1v) is 3.82. The third-order valence-electron chi connectivity index (χ3n) is 1.85. The lowest BCUT2D eigenvalue weighted by molar-refractivity contribution is 0.243. The molecule has 1 aromatic carbocycles. The molecule has 1 aliphatic rings. The van der Waals surface area contributed by atoms with Gasteiger partial charge in [0.05, 0.1) is 6.54 Å². The number of nitrogens with one attached hydrogen (secondary N) is 2. The second-order valence-corrected chi connectivity index (χ2v) is 2.67. The van der Waals surface area contributed by atoms with E-state index in [0.717, 1.165) is 11.1 Å². The Morgan fingerprint density at radius 1 is 1.25 bits per heavy atom. The van der Waals surface area contributed by atoms with Gasteiger partial charge in [-0.05, 0) is 11.1 Å². The molecule has 2 amide bonds. The first-order chi connectivity index (χ1) is 5.86. The summed E-state index contributed by atoms with van der Waals surface area (Å²) in [4.78, 5) is 10.9. The summed E-state index contributed by atoms with van der Waals surface area (Å²) in [5.41, 5.74) is 2.20. The summed E-state index contributed by atoms with van der Waals surface area (Å²) in [7, 11) is 0. The fourth-order valence-corrected chi connectivity index (χ4v) is 1.21. The van der Waals surface area contributed by atoms with Crippen molar-refractivity contribution in [3.63, 3.8) is 0 Å². The van der Waals surface area contributed by atoms with E-state index in [2.05, 4.69) is 10.6 Å². The number of carbonyl (C=O) groups is 1. The monoisotopic (exact) mass is 161 g/mol. The normalized spacial score (nSPS) is 15.5. The number of hydrogen-bond donors (Lipinski definition) is 2. The molecule has 0 atom stereocenters. The van der Waals surface area contributed by atoms with Crippen LogP contribution < -0.4 is 10.6 Å². The van der Waals surface area contributed by atoms with Crippen molar-refractivity contribution in [2.75, 3.05) is 0 Å². The minimum Gasteiger partial charge on any atom is -0.334 e. The van der Waals surface area contributed by atoms with Gasteiger partial charge in [0.15, 0.2) is 0 Å². The van der Waals surface area contributed by atoms with Gasteiger partial charge in [0.2, 0.25) is 0 Å². The van der Waals surface area contributed by atoms with E-state index >= 15 is 0 Å². The standard InChI is InChI=1S/C9H9N2O/c12-9-10-5-7-3-1-2-4-8(7)6-11-9/h1-5H,6H2,(H2,10,11,12). The second-order valence-electron chi connectivity index (χ2n) is 2.67. The fraction of sp³-hybridized carbons (Fsp3) is 0.111. The van der Waals surface area contributed by atoms with Crippen molar-refractivity contribution in [1.82, 2.24) is 10.6 Å². The van der Waals surface area contributed by atoms with Gasteiger partial charge in [0.1, 0.15) is 0 Å². The van der Waals surface area contributed by atoms with Crippen molar-refractivity contribution >= 4 is 6.03 Å². The molecule has 0 bridgehead atoms. The molecule has 2 rings (SSSR count). The number of carbonyl (C=O) groups excluding carboxylic acids is 1. The molecule has 0 aliphatic carbocycles. The maximum atomic E-state index is 10.9. The van der Waals surface area contributed by atoms with Gasteiger partial charge in [-0.1, -0.05) is 24.3 Å². The Hall–Kier alpha value is -1.51. The highest BCUT2D eigenvalue weighted by molar-refractivity contribution is 5.76. The van der Waals surface area contributed by atoms with E-state index in [1.807, 2.05) is 24.3 Å². The zero-order valence-electron chi connectivity index (χ0n) is 6.50. The van der Waals surface area contributed by atoms with Crippen molar-refractivity contribution in [1.29, 1.82) is 0 Å². The molecule has 2 N–H and O–H groups in total. The van der Waals surface area contributed by atoms with Crippen LogP contribution in [0.4, 0.5) is 4.79 Å². The van der Waals surface area contributed by atoms with Crippen LogP contribution in [-0.4, -0.2) is 6.03 Å². The number of rotatable bonds is 0. The zero-order valence-corrected chi connectivity index (χ0v) is 6.50. The number of fused-ring (bicyclic) bond motifs is 1. The zero-order chi connectivity index (χ0) is 8.39. The maximum absolute atomic E-state index is 10.9. The molecule has 61 valence electrons. The summed E-state index contributed by atoms with van der Waals surface area (Å²) in [5.74, 6) is 0. The van der Waals surface area contributed by atoms with Crippen LogP contribution >= 0.6 is 0 Å². The predicted octanol–water partition coefficient (Wildman–Crippen LogP) is 1.01. The van der Waals surface area contributed by atoms with Crippen LogP contribution in [0.2, 0.25) is 0 Å². The van der Waals surface area contributed by atoms with Crippen molar-refractivity contribution in [2.24, 2.45) is 0 Å². The lowest BCUT2D eigenvalue weighted by Crippen LogP contribution is -2.30. The summed E-state index contributed by atoms with van der Waals surface area (Å²) in [5, 5.41) is 5.35. The van der Waals surface area contributed by atoms with Gasteiger partial charge >= 0.3 is 6.03 Å². The minimum atomic E-state index is -0.147. The third kappa shape index (κ3) is 1.25. The summed E-state index contributed by atoms with van der Waals surface area (Å²) in [6.07, 6.45) is 0. The van der Waals surface area contributed by atoms with Gasteiger partial charge < -0.3 is 10.6 Å². The molecule has 0 spiro atoms. The largest absolute Gasteiger partial charge is 0.334 e. The van der Waals surface area contributed by atoms with E-state index in [0.29, 0.717) is 6.54 Å². The molecule has 0 saturated carbocycles. The van der Waals surface area contributed by atoms with E-state index in [9.17, 15) is 4.79 Å². The van der Waals surface area contributed by atoms with Gasteiger partial charge in [-0.25, -0.2) is 4.79 Å². The van der Waals surface area contributed by atoms with E-state index in [-0.39, 0.29) is 6.03 Å². The lowest BCUT2D eigenvalue weighted by Gasteiger charge is -2.01. The van der Waals surface area contributed by atoms with Crippen molar-refractivity contribution < 1.29 is 4.79 Å². The quantitative estimate of drug-likeness (QED) is 0.585. The average molecular weight is 161 g/mol. The van der Waals surface area contributed by atoms with Gasteiger partial charge in [0, 0.05) is 6.54 Å². The molecular formula is C9H9N2O. The maximum Gasteiger partial charge on any atom is 0.315 e. The lowest BCUT2D eigenvalue weighted by atomic mass is 10.1. The number of hydrogen-bond acceptors (Lipinski definition) is 1. The Labute approximate surface area is 70.8 Å². The fourth-order valence-electron chi connectivity index (χ4n) is 1.21. The molecule has 3 nitrogen and oxygen atoms in total. The molecule has 1 heterocycles. The highest BCUT2D eigenvalue weighted by Gasteiger charge is 2.09. The molecule has 0 aromatic heterocycles. The topological polar surface area (TPSA) is 41.1 Å². The SMILES string of the molecule is O=C1N[CH]c2ccccc2CN1. The van der Waals surface area contributed by atoms with Gasteiger partial charge in [-0.3, -0.25) is 0 Å². The van der Waals surface area contributed by atoms with Crippen molar-refractivity contribution in [3.05, 3.63) is 41.9 Å². The minimum absolute atomic E-state index is 0.147. The van der Waals surface area contributed by atoms with E-state index in [4.69, 9.17) is 0 Å². The number of urea groups is 1. The molecule has 0 fully saturated rings. The summed E-state index contributed by atoms with van der Waals surface area (Å²) in [6.45, 7) is 2.32. The molecule has 12 heavy (non-hydrogen) atoms. The van der Waals surface area contributed by atoms with Crippen molar-refractivity contribution in [3.8, 4) is 0 Å². The van der Waals surface area contributed by atoms with Crippen LogP contribution in [0.15, 0.2) is 24.3 Å². The highest BCUT2D eigenvalue weighted by atomic mass is 16.2. The van der Waals surface area contributed by atoms with E-state index < -0.39 is 0 Å². The molecular weight excluding hydrogens is 152 g/mol. The molecule has 1 aliphatic heterocycles. The van der Waals surface area contributed by atoms with Gasteiger partial charge in [0.25, 0.3) is 0 Å². The van der Waals surface area contributed by atoms with Crippen LogP contribution in [-0.2, 0) is 6.54 Å². The average Bonchev–Trinajstić information content (AvgIpc) is 2.29. The van der Waals surface area contributed by atoms with Gasteiger partial charge in [-0.15, -0.1) is 0 Å². The first kappa shape index (κ1) is 7.16. The molecule has 1 radical (unpaired) electrons. The Bertz CT molecular complexity index is 280. The Kier molecular flexibility index (Phi) is 1.70. The second kappa shape index (κ2) is 2.85. The van der Waals surface area contributed by atoms with Crippen molar-refractivity contribution in [2.45, 2.75) is 6.54 Å². The van der Waals surface area contributed by atoms with Gasteiger partial charge in [-0.2, -0.15) is 0 Å². The Balaban J connectivity index is 2.32. The highest BCUT2D eigenvalue weighted by Crippen LogP contribution is 2.10. The Morgan fingerprint density at radius 2 is 2.08 bits per heavy atom. The molecule has 3 heteroatoms. The predicted molar refractivity (Wildman–Crippen MR) is 45.2 cm³/mol. The Morgan fingerprint density at radius 3 is 3.00 bits per heavy atom. The van der Waals surface area contributed by atoms with E-state index in [1.54, 1.807) is 6.54 Å². The van der Waals surface area contributed by atoms with Crippen LogP contribution in [0.1, 0.15) is 11.1 Å². The summed E-state index contributed by atoms with van der Waals surface area (Å²) < 4.78 is 0. The smallest absolute Gasteiger partial charge is 0.315 e. The number of amides is 2.